The maximum atomic E-state index is 11.8. The van der Waals surface area contributed by atoms with E-state index >= 15 is 0 Å². The maximum Gasteiger partial charge on any atom is 0.309 e. The molecule has 3 aliphatic rings. The summed E-state index contributed by atoms with van der Waals surface area (Å²) in [6.07, 6.45) is 3.62. The number of esters is 1. The molecule has 2 aliphatic carbocycles. The van der Waals surface area contributed by atoms with E-state index in [0.29, 0.717) is 12.8 Å². The van der Waals surface area contributed by atoms with Gasteiger partial charge in [-0.2, -0.15) is 0 Å². The van der Waals surface area contributed by atoms with Gasteiger partial charge in [-0.05, 0) is 25.7 Å². The number of hydrogen-bond acceptors (Lipinski definition) is 4. The largest absolute Gasteiger partial charge is 0.461 e. The van der Waals surface area contributed by atoms with Crippen LogP contribution in [0.4, 0.5) is 0 Å². The van der Waals surface area contributed by atoms with Crippen molar-refractivity contribution in [1.29, 1.82) is 0 Å². The fourth-order valence-electron chi connectivity index (χ4n) is 4.70. The Kier molecular flexibility index (Phi) is 2.97. The molecule has 0 amide bonds. The van der Waals surface area contributed by atoms with Crippen molar-refractivity contribution >= 4 is 12.3 Å². The summed E-state index contributed by atoms with van der Waals surface area (Å²) >= 11 is 0. The summed E-state index contributed by atoms with van der Waals surface area (Å²) in [5.41, 5.74) is -0.282. The molecule has 0 aromatic rings. The molecule has 106 valence electrons. The van der Waals surface area contributed by atoms with Gasteiger partial charge in [0.05, 0.1) is 12.0 Å². The molecule has 1 heterocycles. The van der Waals surface area contributed by atoms with E-state index in [1.54, 1.807) is 0 Å². The van der Waals surface area contributed by atoms with E-state index in [2.05, 4.69) is 6.92 Å². The number of fused-ring (bicyclic) bond motifs is 3. The monoisotopic (exact) mass is 266 g/mol. The number of carbonyl (C=O) groups is 2. The number of aliphatic hydroxyl groups excluding tert-OH is 1. The van der Waals surface area contributed by atoms with Crippen LogP contribution in [-0.4, -0.2) is 29.6 Å². The van der Waals surface area contributed by atoms with Crippen LogP contribution in [-0.2, 0) is 14.3 Å². The number of carbonyl (C=O) groups excluding carboxylic acids is 2. The van der Waals surface area contributed by atoms with Crippen molar-refractivity contribution in [3.05, 3.63) is 0 Å². The molecule has 0 radical (unpaired) electrons. The third-order valence-electron chi connectivity index (χ3n) is 5.99. The van der Waals surface area contributed by atoms with Crippen LogP contribution in [0.5, 0.6) is 0 Å². The molecule has 4 heteroatoms. The highest BCUT2D eigenvalue weighted by molar-refractivity contribution is 5.75. The lowest BCUT2D eigenvalue weighted by atomic mass is 9.52. The first kappa shape index (κ1) is 13.1. The van der Waals surface area contributed by atoms with Crippen LogP contribution in [0.1, 0.15) is 39.5 Å². The molecule has 19 heavy (non-hydrogen) atoms. The molecule has 0 bridgehead atoms. The molecule has 7 atom stereocenters. The zero-order valence-electron chi connectivity index (χ0n) is 11.5. The molecule has 1 aliphatic heterocycles. The highest BCUT2D eigenvalue weighted by Crippen LogP contribution is 2.57. The molecule has 1 saturated heterocycles. The Labute approximate surface area is 113 Å². The Morgan fingerprint density at radius 2 is 2.11 bits per heavy atom. The van der Waals surface area contributed by atoms with Gasteiger partial charge in [-0.25, -0.2) is 0 Å². The standard InChI is InChI=1S/C15H22O4/c1-8-10-5-6-15(2)11(17)4-3-9(7-16)12(15)13(10)19-14(8)18/h7-13,17H,3-6H2,1-2H3/t8-,9+,10+,11-,12-,13+,15+/m1/s1. The van der Waals surface area contributed by atoms with E-state index in [9.17, 15) is 14.7 Å². The molecule has 3 rings (SSSR count). The van der Waals surface area contributed by atoms with Gasteiger partial charge in [-0.1, -0.05) is 13.8 Å². The van der Waals surface area contributed by atoms with Crippen LogP contribution >= 0.6 is 0 Å². The second kappa shape index (κ2) is 4.30. The summed E-state index contributed by atoms with van der Waals surface area (Å²) in [5, 5.41) is 10.4. The fraction of sp³-hybridized carbons (Fsp3) is 0.867. The number of ether oxygens (including phenoxy) is 1. The second-order valence-electron chi connectivity index (χ2n) is 6.82. The molecule has 4 nitrogen and oxygen atoms in total. The molecule has 0 aromatic heterocycles. The summed E-state index contributed by atoms with van der Waals surface area (Å²) in [5.74, 6) is -0.0797. The van der Waals surface area contributed by atoms with Crippen molar-refractivity contribution in [2.45, 2.75) is 51.7 Å². The quantitative estimate of drug-likeness (QED) is 0.578. The van der Waals surface area contributed by atoms with Gasteiger partial charge in [0.15, 0.2) is 0 Å². The number of aldehydes is 1. The molecular formula is C15H22O4. The molecule has 0 unspecified atom stereocenters. The average molecular weight is 266 g/mol. The van der Waals surface area contributed by atoms with Crippen molar-refractivity contribution in [2.75, 3.05) is 0 Å². The lowest BCUT2D eigenvalue weighted by Gasteiger charge is -2.54. The molecule has 3 fully saturated rings. The van der Waals surface area contributed by atoms with Crippen LogP contribution in [0.15, 0.2) is 0 Å². The molecule has 1 N–H and O–H groups in total. The Balaban J connectivity index is 1.98. The van der Waals surface area contributed by atoms with Gasteiger partial charge < -0.3 is 14.6 Å². The van der Waals surface area contributed by atoms with Crippen molar-refractivity contribution in [2.24, 2.45) is 29.1 Å². The first-order chi connectivity index (χ1) is 8.99. The van der Waals surface area contributed by atoms with Crippen LogP contribution < -0.4 is 0 Å². The van der Waals surface area contributed by atoms with Gasteiger partial charge in [0.25, 0.3) is 0 Å². The summed E-state index contributed by atoms with van der Waals surface area (Å²) < 4.78 is 5.58. The van der Waals surface area contributed by atoms with Gasteiger partial charge in [-0.15, -0.1) is 0 Å². The maximum absolute atomic E-state index is 11.8. The zero-order chi connectivity index (χ0) is 13.8. The van der Waals surface area contributed by atoms with E-state index in [-0.39, 0.29) is 47.3 Å². The van der Waals surface area contributed by atoms with Gasteiger partial charge >= 0.3 is 5.97 Å². The highest BCUT2D eigenvalue weighted by Gasteiger charge is 2.60. The number of aliphatic hydroxyl groups is 1. The molecule has 0 spiro atoms. The van der Waals surface area contributed by atoms with E-state index in [4.69, 9.17) is 4.74 Å². The normalized spacial score (nSPS) is 53.1. The van der Waals surface area contributed by atoms with Crippen molar-refractivity contribution in [1.82, 2.24) is 0 Å². The Hall–Kier alpha value is -0.900. The topological polar surface area (TPSA) is 63.6 Å². The second-order valence-corrected chi connectivity index (χ2v) is 6.82. The predicted octanol–water partition coefficient (Wildman–Crippen LogP) is 1.55. The van der Waals surface area contributed by atoms with E-state index in [0.717, 1.165) is 19.1 Å². The van der Waals surface area contributed by atoms with Crippen LogP contribution in [0.3, 0.4) is 0 Å². The zero-order valence-corrected chi connectivity index (χ0v) is 11.5. The van der Waals surface area contributed by atoms with Crippen LogP contribution in [0.25, 0.3) is 0 Å². The first-order valence-electron chi connectivity index (χ1n) is 7.33. The minimum absolute atomic E-state index is 0.0126. The number of rotatable bonds is 1. The van der Waals surface area contributed by atoms with Gasteiger partial charge in [0.2, 0.25) is 0 Å². The van der Waals surface area contributed by atoms with Crippen LogP contribution in [0, 0.1) is 29.1 Å². The predicted molar refractivity (Wildman–Crippen MR) is 68.2 cm³/mol. The Morgan fingerprint density at radius 3 is 2.79 bits per heavy atom. The Morgan fingerprint density at radius 1 is 1.37 bits per heavy atom. The molecular weight excluding hydrogens is 244 g/mol. The minimum atomic E-state index is -0.385. The highest BCUT2D eigenvalue weighted by atomic mass is 16.6. The minimum Gasteiger partial charge on any atom is -0.461 e. The van der Waals surface area contributed by atoms with E-state index < -0.39 is 0 Å². The van der Waals surface area contributed by atoms with E-state index in [1.807, 2.05) is 6.92 Å². The summed E-state index contributed by atoms with van der Waals surface area (Å²) in [6, 6.07) is 0. The lowest BCUT2D eigenvalue weighted by Crippen LogP contribution is -2.56. The van der Waals surface area contributed by atoms with E-state index in [1.165, 1.54) is 0 Å². The van der Waals surface area contributed by atoms with Gasteiger partial charge in [0, 0.05) is 23.2 Å². The summed E-state index contributed by atoms with van der Waals surface area (Å²) in [4.78, 5) is 23.2. The molecule has 2 saturated carbocycles. The fourth-order valence-corrected chi connectivity index (χ4v) is 4.70. The van der Waals surface area contributed by atoms with Gasteiger partial charge in [0.1, 0.15) is 12.4 Å². The third kappa shape index (κ3) is 1.69. The van der Waals surface area contributed by atoms with Crippen LogP contribution in [0.2, 0.25) is 0 Å². The number of hydrogen-bond donors (Lipinski definition) is 1. The van der Waals surface area contributed by atoms with Crippen molar-refractivity contribution < 1.29 is 19.4 Å². The Bertz CT molecular complexity index is 407. The lowest BCUT2D eigenvalue weighted by molar-refractivity contribution is -0.169. The summed E-state index contributed by atoms with van der Waals surface area (Å²) in [7, 11) is 0. The first-order valence-corrected chi connectivity index (χ1v) is 7.33. The molecule has 0 aromatic carbocycles. The summed E-state index contributed by atoms with van der Waals surface area (Å²) in [6.45, 7) is 3.98. The van der Waals surface area contributed by atoms with Gasteiger partial charge in [-0.3, -0.25) is 4.79 Å². The third-order valence-corrected chi connectivity index (χ3v) is 5.99. The smallest absolute Gasteiger partial charge is 0.309 e. The van der Waals surface area contributed by atoms with Crippen molar-refractivity contribution in [3.63, 3.8) is 0 Å². The van der Waals surface area contributed by atoms with Crippen molar-refractivity contribution in [3.8, 4) is 0 Å². The SMILES string of the molecule is C[C@H]1C(=O)O[C@H]2[C@H]1CC[C@]1(C)[C@@H]2[C@H](C=O)CC[C@H]1O. The average Bonchev–Trinajstić information content (AvgIpc) is 2.67.